The highest BCUT2D eigenvalue weighted by Crippen LogP contribution is 2.16. The fourth-order valence-corrected chi connectivity index (χ4v) is 1.95. The number of rotatable bonds is 1. The number of amides is 1. The molecular weight excluding hydrogens is 305 g/mol. The summed E-state index contributed by atoms with van der Waals surface area (Å²) in [5.41, 5.74) is 0.913. The van der Waals surface area contributed by atoms with Crippen molar-refractivity contribution in [3.8, 4) is 0 Å². The van der Waals surface area contributed by atoms with Gasteiger partial charge in [-0.1, -0.05) is 28.7 Å². The van der Waals surface area contributed by atoms with Crippen LogP contribution < -0.4 is 0 Å². The number of nitrogens with zero attached hydrogens (tertiary/aromatic N) is 1. The molecule has 0 N–H and O–H groups in total. The van der Waals surface area contributed by atoms with Crippen LogP contribution in [0.5, 0.6) is 0 Å². The summed E-state index contributed by atoms with van der Waals surface area (Å²) < 4.78 is 6.31. The van der Waals surface area contributed by atoms with Gasteiger partial charge in [-0.25, -0.2) is 4.79 Å². The van der Waals surface area contributed by atoms with E-state index in [1.165, 1.54) is 5.57 Å². The van der Waals surface area contributed by atoms with E-state index < -0.39 is 5.60 Å². The minimum absolute atomic E-state index is 0.196. The Morgan fingerprint density at radius 1 is 1.60 bits per heavy atom. The Balaban J connectivity index is 2.52. The monoisotopic (exact) mass is 323 g/mol. The molecule has 1 heterocycles. The lowest BCUT2D eigenvalue weighted by Crippen LogP contribution is -2.40. The third-order valence-electron chi connectivity index (χ3n) is 2.05. The molecule has 0 aromatic heterocycles. The predicted molar refractivity (Wildman–Crippen MR) is 69.4 cm³/mol. The highest BCUT2D eigenvalue weighted by molar-refractivity contribution is 14.1. The highest BCUT2D eigenvalue weighted by atomic mass is 127. The molecule has 0 aromatic carbocycles. The first-order valence-corrected chi connectivity index (χ1v) is 6.67. The van der Waals surface area contributed by atoms with Crippen molar-refractivity contribution in [2.75, 3.05) is 17.5 Å². The predicted octanol–water partition coefficient (Wildman–Crippen LogP) is 2.99. The smallest absolute Gasteiger partial charge is 0.410 e. The van der Waals surface area contributed by atoms with Crippen LogP contribution in [0.3, 0.4) is 0 Å². The minimum Gasteiger partial charge on any atom is -0.444 e. The van der Waals surface area contributed by atoms with Crippen LogP contribution >= 0.6 is 22.6 Å². The molecule has 0 aromatic rings. The van der Waals surface area contributed by atoms with Gasteiger partial charge in [-0.3, -0.25) is 0 Å². The molecular formula is C11H18INO2. The molecule has 0 saturated carbocycles. The first kappa shape index (κ1) is 12.8. The number of halogens is 1. The Morgan fingerprint density at radius 3 is 2.80 bits per heavy atom. The zero-order valence-corrected chi connectivity index (χ0v) is 11.7. The Labute approximate surface area is 105 Å². The molecule has 3 nitrogen and oxygen atoms in total. The highest BCUT2D eigenvalue weighted by Gasteiger charge is 2.23. The van der Waals surface area contributed by atoms with E-state index in [4.69, 9.17) is 4.74 Å². The van der Waals surface area contributed by atoms with Crippen molar-refractivity contribution in [1.29, 1.82) is 0 Å². The van der Waals surface area contributed by atoms with Crippen molar-refractivity contribution in [3.63, 3.8) is 0 Å². The molecule has 0 atom stereocenters. The molecule has 0 aliphatic carbocycles. The molecule has 0 bridgehead atoms. The third kappa shape index (κ3) is 4.40. The summed E-state index contributed by atoms with van der Waals surface area (Å²) in [5, 5.41) is 0. The second-order valence-electron chi connectivity index (χ2n) is 4.69. The maximum atomic E-state index is 11.7. The lowest BCUT2D eigenvalue weighted by atomic mass is 10.1. The summed E-state index contributed by atoms with van der Waals surface area (Å²) in [4.78, 5) is 13.5. The maximum Gasteiger partial charge on any atom is 0.410 e. The molecule has 1 aliphatic rings. The van der Waals surface area contributed by atoms with Crippen LogP contribution in [-0.2, 0) is 4.74 Å². The Hall–Kier alpha value is -0.260. The molecule has 1 aliphatic heterocycles. The fraction of sp³-hybridized carbons (Fsp3) is 0.727. The molecule has 1 amide bonds. The summed E-state index contributed by atoms with van der Waals surface area (Å²) in [5.74, 6) is 0. The minimum atomic E-state index is -0.400. The molecule has 0 radical (unpaired) electrons. The zero-order chi connectivity index (χ0) is 11.5. The first-order valence-electron chi connectivity index (χ1n) is 5.14. The van der Waals surface area contributed by atoms with E-state index in [-0.39, 0.29) is 6.09 Å². The van der Waals surface area contributed by atoms with E-state index in [0.29, 0.717) is 0 Å². The fourth-order valence-electron chi connectivity index (χ4n) is 1.39. The lowest BCUT2D eigenvalue weighted by molar-refractivity contribution is 0.0263. The van der Waals surface area contributed by atoms with E-state index in [0.717, 1.165) is 23.9 Å². The SMILES string of the molecule is CC(C)(C)OC(=O)N1CCC=C(CI)C1. The van der Waals surface area contributed by atoms with Crippen molar-refractivity contribution in [1.82, 2.24) is 4.90 Å². The van der Waals surface area contributed by atoms with Crippen LogP contribution in [0.25, 0.3) is 0 Å². The summed E-state index contributed by atoms with van der Waals surface area (Å²) in [6.07, 6.45) is 2.96. The number of hydrogen-bond acceptors (Lipinski definition) is 2. The van der Waals surface area contributed by atoms with Crippen molar-refractivity contribution in [3.05, 3.63) is 11.6 Å². The van der Waals surface area contributed by atoms with Crippen molar-refractivity contribution in [2.24, 2.45) is 0 Å². The van der Waals surface area contributed by atoms with Crippen LogP contribution in [0.15, 0.2) is 11.6 Å². The Morgan fingerprint density at radius 2 is 2.27 bits per heavy atom. The lowest BCUT2D eigenvalue weighted by Gasteiger charge is -2.29. The van der Waals surface area contributed by atoms with Crippen LogP contribution in [0.2, 0.25) is 0 Å². The second-order valence-corrected chi connectivity index (χ2v) is 5.45. The normalized spacial score (nSPS) is 17.3. The molecule has 0 fully saturated rings. The van der Waals surface area contributed by atoms with Gasteiger partial charge in [-0.2, -0.15) is 0 Å². The van der Waals surface area contributed by atoms with Crippen LogP contribution in [0.4, 0.5) is 4.79 Å². The Bertz CT molecular complexity index is 268. The average Bonchev–Trinajstić information content (AvgIpc) is 2.15. The van der Waals surface area contributed by atoms with Gasteiger partial charge < -0.3 is 9.64 Å². The van der Waals surface area contributed by atoms with E-state index in [1.54, 1.807) is 4.90 Å². The van der Waals surface area contributed by atoms with Crippen molar-refractivity contribution >= 4 is 28.7 Å². The molecule has 15 heavy (non-hydrogen) atoms. The standard InChI is InChI=1S/C11H18INO2/c1-11(2,3)15-10(14)13-6-4-5-9(7-12)8-13/h5H,4,6-8H2,1-3H3. The summed E-state index contributed by atoms with van der Waals surface area (Å²) in [6, 6.07) is 0. The van der Waals surface area contributed by atoms with Gasteiger partial charge >= 0.3 is 6.09 Å². The van der Waals surface area contributed by atoms with Gasteiger partial charge in [0, 0.05) is 17.5 Å². The van der Waals surface area contributed by atoms with Crippen LogP contribution in [-0.4, -0.2) is 34.1 Å². The van der Waals surface area contributed by atoms with Gasteiger partial charge in [0.25, 0.3) is 0 Å². The van der Waals surface area contributed by atoms with E-state index in [2.05, 4.69) is 28.7 Å². The van der Waals surface area contributed by atoms with E-state index >= 15 is 0 Å². The largest absolute Gasteiger partial charge is 0.444 e. The van der Waals surface area contributed by atoms with Gasteiger partial charge in [0.15, 0.2) is 0 Å². The molecule has 0 unspecified atom stereocenters. The van der Waals surface area contributed by atoms with Crippen molar-refractivity contribution < 1.29 is 9.53 Å². The molecule has 0 saturated heterocycles. The number of carbonyl (C=O) groups is 1. The second kappa shape index (κ2) is 5.18. The van der Waals surface area contributed by atoms with Crippen LogP contribution in [0, 0.1) is 0 Å². The molecule has 0 spiro atoms. The van der Waals surface area contributed by atoms with Gasteiger partial charge in [-0.15, -0.1) is 0 Å². The van der Waals surface area contributed by atoms with E-state index in [1.807, 2.05) is 20.8 Å². The summed E-state index contributed by atoms with van der Waals surface area (Å²) in [7, 11) is 0. The summed E-state index contributed by atoms with van der Waals surface area (Å²) >= 11 is 2.32. The van der Waals surface area contributed by atoms with E-state index in [9.17, 15) is 4.79 Å². The average molecular weight is 323 g/mol. The number of alkyl halides is 1. The van der Waals surface area contributed by atoms with Gasteiger partial charge in [0.2, 0.25) is 0 Å². The number of hydrogen-bond donors (Lipinski definition) is 0. The summed E-state index contributed by atoms with van der Waals surface area (Å²) in [6.45, 7) is 7.17. The molecule has 4 heteroatoms. The number of carbonyl (C=O) groups excluding carboxylic acids is 1. The number of ether oxygens (including phenoxy) is 1. The zero-order valence-electron chi connectivity index (χ0n) is 9.55. The molecule has 1 rings (SSSR count). The third-order valence-corrected chi connectivity index (χ3v) is 3.03. The topological polar surface area (TPSA) is 29.5 Å². The first-order chi connectivity index (χ1) is 6.92. The van der Waals surface area contributed by atoms with Gasteiger partial charge in [0.1, 0.15) is 5.60 Å². The van der Waals surface area contributed by atoms with Crippen molar-refractivity contribution in [2.45, 2.75) is 32.8 Å². The quantitative estimate of drug-likeness (QED) is 0.422. The Kier molecular flexibility index (Phi) is 4.43. The molecule has 86 valence electrons. The maximum absolute atomic E-state index is 11.7. The van der Waals surface area contributed by atoms with Gasteiger partial charge in [-0.05, 0) is 32.8 Å². The van der Waals surface area contributed by atoms with Gasteiger partial charge in [0.05, 0.1) is 0 Å². The van der Waals surface area contributed by atoms with Crippen LogP contribution in [0.1, 0.15) is 27.2 Å².